The molecule has 4 nitrogen and oxygen atoms in total. The Morgan fingerprint density at radius 3 is 2.32 bits per heavy atom. The topological polar surface area (TPSA) is 57.6 Å². The number of β-amino-alcohol motifs (C(OH)–C–C–N with tert-alkyl or cyclic N) is 1. The summed E-state index contributed by atoms with van der Waals surface area (Å²) < 4.78 is 0. The molecule has 1 aromatic carbocycles. The molecule has 2 amide bonds. The van der Waals surface area contributed by atoms with Gasteiger partial charge in [-0.05, 0) is 31.0 Å². The van der Waals surface area contributed by atoms with Crippen molar-refractivity contribution in [2.45, 2.75) is 18.9 Å². The number of hydrogen-bond donors (Lipinski definition) is 1. The van der Waals surface area contributed by atoms with E-state index in [1.54, 1.807) is 18.2 Å². The zero-order valence-electron chi connectivity index (χ0n) is 11.7. The van der Waals surface area contributed by atoms with E-state index in [9.17, 15) is 14.7 Å². The van der Waals surface area contributed by atoms with Crippen LogP contribution in [0.4, 0.5) is 0 Å². The van der Waals surface area contributed by atoms with Crippen LogP contribution in [0.5, 0.6) is 0 Å². The second kappa shape index (κ2) is 6.03. The smallest absolute Gasteiger partial charge is 0.233 e. The molecule has 3 rings (SSSR count). The summed E-state index contributed by atoms with van der Waals surface area (Å²) in [5.74, 6) is -1.01. The summed E-state index contributed by atoms with van der Waals surface area (Å²) >= 11 is 12.0. The van der Waals surface area contributed by atoms with Gasteiger partial charge in [-0.3, -0.25) is 14.5 Å². The molecule has 116 valence electrons. The van der Waals surface area contributed by atoms with Gasteiger partial charge in [0.25, 0.3) is 0 Å². The van der Waals surface area contributed by atoms with E-state index in [0.29, 0.717) is 28.5 Å². The number of benzene rings is 1. The fourth-order valence-corrected chi connectivity index (χ4v) is 3.51. The van der Waals surface area contributed by atoms with Crippen molar-refractivity contribution in [2.24, 2.45) is 11.8 Å². The normalized spacial score (nSPS) is 25.5. The molecule has 0 spiro atoms. The summed E-state index contributed by atoms with van der Waals surface area (Å²) in [7, 11) is 0. The van der Waals surface area contributed by atoms with Crippen LogP contribution >= 0.6 is 23.2 Å². The number of fused-ring (bicyclic) bond motifs is 1. The fourth-order valence-electron chi connectivity index (χ4n) is 3.09. The highest BCUT2D eigenvalue weighted by atomic mass is 35.5. The number of likely N-dealkylation sites (tertiary alicyclic amines) is 1. The molecule has 1 N–H and O–H groups in total. The van der Waals surface area contributed by atoms with Crippen LogP contribution in [0.15, 0.2) is 30.4 Å². The Balaban J connectivity index is 1.79. The lowest BCUT2D eigenvalue weighted by molar-refractivity contribution is -0.141. The summed E-state index contributed by atoms with van der Waals surface area (Å²) in [5, 5.41) is 11.1. The minimum absolute atomic E-state index is 0.0925. The van der Waals surface area contributed by atoms with E-state index in [0.717, 1.165) is 4.90 Å². The first kappa shape index (κ1) is 15.5. The van der Waals surface area contributed by atoms with Gasteiger partial charge in [-0.1, -0.05) is 35.4 Å². The highest BCUT2D eigenvalue weighted by Crippen LogP contribution is 2.36. The maximum Gasteiger partial charge on any atom is 0.233 e. The van der Waals surface area contributed by atoms with Gasteiger partial charge in [-0.25, -0.2) is 0 Å². The molecule has 1 heterocycles. The molecule has 1 aromatic rings. The third-order valence-corrected chi connectivity index (χ3v) is 4.85. The van der Waals surface area contributed by atoms with Gasteiger partial charge >= 0.3 is 0 Å². The first-order valence-electron chi connectivity index (χ1n) is 7.12. The number of carbonyl (C=O) groups is 2. The molecule has 2 aliphatic rings. The molecule has 0 saturated carbocycles. The minimum atomic E-state index is -1.05. The van der Waals surface area contributed by atoms with Crippen LogP contribution in [-0.2, 0) is 9.59 Å². The van der Waals surface area contributed by atoms with E-state index in [1.165, 1.54) is 0 Å². The number of amides is 2. The van der Waals surface area contributed by atoms with Crippen molar-refractivity contribution in [3.8, 4) is 0 Å². The van der Waals surface area contributed by atoms with Gasteiger partial charge in [0.15, 0.2) is 0 Å². The molecular formula is C16H15Cl2NO3. The number of imide groups is 1. The summed E-state index contributed by atoms with van der Waals surface area (Å²) in [4.78, 5) is 25.9. The lowest BCUT2D eigenvalue weighted by Gasteiger charge is -2.20. The number of aliphatic hydroxyl groups is 1. The molecule has 1 saturated heterocycles. The van der Waals surface area contributed by atoms with E-state index in [4.69, 9.17) is 23.2 Å². The van der Waals surface area contributed by atoms with Gasteiger partial charge in [0.05, 0.1) is 24.5 Å². The average Bonchev–Trinajstić information content (AvgIpc) is 2.75. The van der Waals surface area contributed by atoms with Crippen molar-refractivity contribution in [1.29, 1.82) is 0 Å². The Labute approximate surface area is 138 Å². The van der Waals surface area contributed by atoms with Crippen LogP contribution in [-0.4, -0.2) is 28.4 Å². The first-order valence-corrected chi connectivity index (χ1v) is 7.88. The van der Waals surface area contributed by atoms with Gasteiger partial charge < -0.3 is 5.11 Å². The zero-order chi connectivity index (χ0) is 15.9. The monoisotopic (exact) mass is 339 g/mol. The highest BCUT2D eigenvalue weighted by Gasteiger charge is 2.47. The number of hydrogen-bond acceptors (Lipinski definition) is 3. The van der Waals surface area contributed by atoms with Gasteiger partial charge in [-0.15, -0.1) is 0 Å². The zero-order valence-corrected chi connectivity index (χ0v) is 13.2. The Morgan fingerprint density at radius 2 is 1.73 bits per heavy atom. The van der Waals surface area contributed by atoms with E-state index in [1.807, 2.05) is 12.2 Å². The third-order valence-electron chi connectivity index (χ3n) is 4.27. The van der Waals surface area contributed by atoms with Crippen molar-refractivity contribution in [1.82, 2.24) is 4.90 Å². The molecule has 0 bridgehead atoms. The van der Waals surface area contributed by atoms with Crippen molar-refractivity contribution in [2.75, 3.05) is 6.54 Å². The molecule has 1 fully saturated rings. The minimum Gasteiger partial charge on any atom is -0.386 e. The molecule has 22 heavy (non-hydrogen) atoms. The summed E-state index contributed by atoms with van der Waals surface area (Å²) in [6.07, 6.45) is 3.98. The van der Waals surface area contributed by atoms with Gasteiger partial charge in [0, 0.05) is 15.6 Å². The van der Waals surface area contributed by atoms with Crippen LogP contribution in [0.2, 0.25) is 10.0 Å². The molecule has 1 aliphatic carbocycles. The molecule has 6 heteroatoms. The quantitative estimate of drug-likeness (QED) is 0.680. The van der Waals surface area contributed by atoms with Crippen molar-refractivity contribution in [3.63, 3.8) is 0 Å². The largest absolute Gasteiger partial charge is 0.386 e. The Kier molecular flexibility index (Phi) is 4.26. The summed E-state index contributed by atoms with van der Waals surface area (Å²) in [6, 6.07) is 4.75. The van der Waals surface area contributed by atoms with Crippen molar-refractivity contribution in [3.05, 3.63) is 46.0 Å². The van der Waals surface area contributed by atoms with Gasteiger partial charge in [-0.2, -0.15) is 0 Å². The summed E-state index contributed by atoms with van der Waals surface area (Å²) in [5.41, 5.74) is 0.419. The van der Waals surface area contributed by atoms with Crippen molar-refractivity contribution < 1.29 is 14.7 Å². The van der Waals surface area contributed by atoms with E-state index >= 15 is 0 Å². The van der Waals surface area contributed by atoms with E-state index in [-0.39, 0.29) is 30.2 Å². The average molecular weight is 340 g/mol. The SMILES string of the molecule is O=C1[C@@H]2CC=CC[C@H]2C(=O)N1C[C@H](O)c1cc(Cl)ccc1Cl. The Hall–Kier alpha value is -1.36. The molecular weight excluding hydrogens is 325 g/mol. The number of rotatable bonds is 3. The highest BCUT2D eigenvalue weighted by molar-refractivity contribution is 6.33. The maximum atomic E-state index is 12.4. The fraction of sp³-hybridized carbons (Fsp3) is 0.375. The molecule has 3 atom stereocenters. The lowest BCUT2D eigenvalue weighted by atomic mass is 9.85. The van der Waals surface area contributed by atoms with Crippen LogP contribution < -0.4 is 0 Å². The predicted octanol–water partition coefficient (Wildman–Crippen LogP) is 2.98. The molecule has 0 aromatic heterocycles. The van der Waals surface area contributed by atoms with Crippen molar-refractivity contribution >= 4 is 35.0 Å². The molecule has 1 aliphatic heterocycles. The number of nitrogens with zero attached hydrogens (tertiary/aromatic N) is 1. The number of allylic oxidation sites excluding steroid dienone is 2. The second-order valence-corrected chi connectivity index (χ2v) is 6.47. The van der Waals surface area contributed by atoms with Crippen LogP contribution in [0.1, 0.15) is 24.5 Å². The third kappa shape index (κ3) is 2.67. The van der Waals surface area contributed by atoms with Crippen LogP contribution in [0.25, 0.3) is 0 Å². The lowest BCUT2D eigenvalue weighted by Crippen LogP contribution is -2.35. The summed E-state index contributed by atoms with van der Waals surface area (Å²) in [6.45, 7) is -0.0925. The van der Waals surface area contributed by atoms with Gasteiger partial charge in [0.1, 0.15) is 0 Å². The number of carbonyl (C=O) groups excluding carboxylic acids is 2. The van der Waals surface area contributed by atoms with Crippen LogP contribution in [0.3, 0.4) is 0 Å². The Bertz CT molecular complexity index is 633. The molecule has 0 unspecified atom stereocenters. The second-order valence-electron chi connectivity index (χ2n) is 5.62. The maximum absolute atomic E-state index is 12.4. The van der Waals surface area contributed by atoms with Gasteiger partial charge in [0.2, 0.25) is 11.8 Å². The Morgan fingerprint density at radius 1 is 1.14 bits per heavy atom. The van der Waals surface area contributed by atoms with Crippen LogP contribution in [0, 0.1) is 11.8 Å². The van der Waals surface area contributed by atoms with E-state index < -0.39 is 6.10 Å². The van der Waals surface area contributed by atoms with E-state index in [2.05, 4.69) is 0 Å². The molecule has 0 radical (unpaired) electrons. The predicted molar refractivity (Wildman–Crippen MR) is 83.5 cm³/mol. The standard InChI is InChI=1S/C16H15Cl2NO3/c17-9-5-6-13(18)12(7-9)14(20)8-19-15(21)10-3-1-2-4-11(10)16(19)22/h1-2,5-7,10-11,14,20H,3-4,8H2/t10-,11-,14+/m1/s1. The first-order chi connectivity index (χ1) is 10.5. The number of aliphatic hydroxyl groups excluding tert-OH is 1. The number of halogens is 2.